The van der Waals surface area contributed by atoms with E-state index in [1.54, 1.807) is 30.3 Å². The number of carboxylic acid groups (broad SMARTS) is 1. The average molecular weight is 444 g/mol. The number of hydrogen-bond acceptors (Lipinski definition) is 2. The van der Waals surface area contributed by atoms with Crippen LogP contribution >= 0.6 is 34.2 Å². The number of nitrogens with one attached hydrogen (secondary N) is 1. The lowest BCUT2D eigenvalue weighted by Crippen LogP contribution is -2.27. The summed E-state index contributed by atoms with van der Waals surface area (Å²) >= 11 is 7.97. The van der Waals surface area contributed by atoms with Crippen LogP contribution < -0.4 is 5.32 Å². The summed E-state index contributed by atoms with van der Waals surface area (Å²) in [6.45, 7) is 0. The van der Waals surface area contributed by atoms with E-state index in [1.807, 2.05) is 18.2 Å². The van der Waals surface area contributed by atoms with Crippen LogP contribution in [-0.2, 0) is 16.0 Å². The molecular weight excluding hydrogens is 429 g/mol. The number of aliphatic carboxylic acids is 1. The second-order valence-electron chi connectivity index (χ2n) is 5.09. The number of amides is 1. The molecule has 120 valence electrons. The molecule has 4 nitrogen and oxygen atoms in total. The van der Waals surface area contributed by atoms with E-state index in [0.29, 0.717) is 17.1 Å². The SMILES string of the molecule is O=C(O)CC(Cc1ccc(Cl)cc1)C(=O)Nc1ccccc1I. The third-order valence-corrected chi connectivity index (χ3v) is 4.51. The second-order valence-corrected chi connectivity index (χ2v) is 6.69. The van der Waals surface area contributed by atoms with E-state index in [0.717, 1.165) is 9.13 Å². The third-order valence-electron chi connectivity index (χ3n) is 3.32. The Morgan fingerprint density at radius 3 is 2.39 bits per heavy atom. The molecule has 0 heterocycles. The number of anilines is 1. The van der Waals surface area contributed by atoms with Gasteiger partial charge >= 0.3 is 5.97 Å². The van der Waals surface area contributed by atoms with Gasteiger partial charge in [-0.1, -0.05) is 35.9 Å². The summed E-state index contributed by atoms with van der Waals surface area (Å²) in [5, 5.41) is 12.5. The van der Waals surface area contributed by atoms with E-state index >= 15 is 0 Å². The summed E-state index contributed by atoms with van der Waals surface area (Å²) in [4.78, 5) is 23.5. The predicted octanol–water partition coefficient (Wildman–Crippen LogP) is 4.22. The van der Waals surface area contributed by atoms with Crippen LogP contribution in [0.5, 0.6) is 0 Å². The minimum absolute atomic E-state index is 0.224. The van der Waals surface area contributed by atoms with Crippen molar-refractivity contribution in [2.45, 2.75) is 12.8 Å². The first-order valence-electron chi connectivity index (χ1n) is 6.97. The van der Waals surface area contributed by atoms with Crippen molar-refractivity contribution in [1.29, 1.82) is 0 Å². The Bertz CT molecular complexity index is 703. The van der Waals surface area contributed by atoms with Gasteiger partial charge in [-0.05, 0) is 58.8 Å². The summed E-state index contributed by atoms with van der Waals surface area (Å²) in [7, 11) is 0. The van der Waals surface area contributed by atoms with E-state index in [9.17, 15) is 9.59 Å². The molecule has 1 unspecified atom stereocenters. The van der Waals surface area contributed by atoms with Crippen LogP contribution in [0.2, 0.25) is 5.02 Å². The highest BCUT2D eigenvalue weighted by molar-refractivity contribution is 14.1. The van der Waals surface area contributed by atoms with Crippen molar-refractivity contribution < 1.29 is 14.7 Å². The van der Waals surface area contributed by atoms with Crippen molar-refractivity contribution in [2.75, 3.05) is 5.32 Å². The molecule has 0 aromatic heterocycles. The fourth-order valence-corrected chi connectivity index (χ4v) is 2.82. The van der Waals surface area contributed by atoms with E-state index < -0.39 is 11.9 Å². The van der Waals surface area contributed by atoms with Crippen LogP contribution in [0, 0.1) is 9.49 Å². The molecule has 0 saturated carbocycles. The van der Waals surface area contributed by atoms with Gasteiger partial charge in [0, 0.05) is 8.59 Å². The highest BCUT2D eigenvalue weighted by Crippen LogP contribution is 2.21. The molecule has 0 aliphatic carbocycles. The molecule has 1 atom stereocenters. The number of carboxylic acids is 1. The van der Waals surface area contributed by atoms with Gasteiger partial charge in [0.05, 0.1) is 18.0 Å². The third kappa shape index (κ3) is 5.51. The zero-order valence-electron chi connectivity index (χ0n) is 12.1. The second kappa shape index (κ2) is 8.31. The van der Waals surface area contributed by atoms with Crippen molar-refractivity contribution >= 4 is 51.8 Å². The molecule has 0 saturated heterocycles. The number of rotatable bonds is 6. The molecule has 1 amide bonds. The molecule has 0 spiro atoms. The van der Waals surface area contributed by atoms with Crippen molar-refractivity contribution in [3.8, 4) is 0 Å². The van der Waals surface area contributed by atoms with E-state index in [-0.39, 0.29) is 12.3 Å². The molecule has 0 radical (unpaired) electrons. The first-order valence-corrected chi connectivity index (χ1v) is 8.43. The summed E-state index contributed by atoms with van der Waals surface area (Å²) in [6.07, 6.45) is 0.122. The Morgan fingerprint density at radius 2 is 1.78 bits per heavy atom. The van der Waals surface area contributed by atoms with E-state index in [1.165, 1.54) is 0 Å². The topological polar surface area (TPSA) is 66.4 Å². The smallest absolute Gasteiger partial charge is 0.304 e. The quantitative estimate of drug-likeness (QED) is 0.657. The van der Waals surface area contributed by atoms with Gasteiger partial charge in [0.2, 0.25) is 5.91 Å². The van der Waals surface area contributed by atoms with E-state index in [4.69, 9.17) is 16.7 Å². The van der Waals surface area contributed by atoms with E-state index in [2.05, 4.69) is 27.9 Å². The molecule has 2 N–H and O–H groups in total. The van der Waals surface area contributed by atoms with Crippen LogP contribution in [0.15, 0.2) is 48.5 Å². The maximum Gasteiger partial charge on any atom is 0.304 e. The maximum absolute atomic E-state index is 12.5. The lowest BCUT2D eigenvalue weighted by Gasteiger charge is -2.16. The molecular formula is C17H15ClINO3. The summed E-state index contributed by atoms with van der Waals surface area (Å²) in [5.41, 5.74) is 1.56. The fourth-order valence-electron chi connectivity index (χ4n) is 2.17. The average Bonchev–Trinajstić information content (AvgIpc) is 2.50. The number of halogens is 2. The summed E-state index contributed by atoms with van der Waals surface area (Å²) in [6, 6.07) is 14.4. The number of carbonyl (C=O) groups is 2. The Labute approximate surface area is 153 Å². The molecule has 2 rings (SSSR count). The molecule has 6 heteroatoms. The van der Waals surface area contributed by atoms with Gasteiger partial charge in [-0.2, -0.15) is 0 Å². The number of carbonyl (C=O) groups excluding carboxylic acids is 1. The highest BCUT2D eigenvalue weighted by Gasteiger charge is 2.22. The Morgan fingerprint density at radius 1 is 1.13 bits per heavy atom. The molecule has 2 aromatic rings. The lowest BCUT2D eigenvalue weighted by molar-refractivity contribution is -0.140. The zero-order chi connectivity index (χ0) is 16.8. The zero-order valence-corrected chi connectivity index (χ0v) is 15.0. The normalized spacial score (nSPS) is 11.7. The predicted molar refractivity (Wildman–Crippen MR) is 98.7 cm³/mol. The Kier molecular flexibility index (Phi) is 6.41. The molecule has 0 fully saturated rings. The minimum atomic E-state index is -0.998. The van der Waals surface area contributed by atoms with Crippen molar-refractivity contribution in [1.82, 2.24) is 0 Å². The van der Waals surface area contributed by atoms with Gasteiger partial charge < -0.3 is 10.4 Å². The van der Waals surface area contributed by atoms with Crippen LogP contribution in [0.1, 0.15) is 12.0 Å². The number of hydrogen-bond donors (Lipinski definition) is 2. The van der Waals surface area contributed by atoms with Crippen molar-refractivity contribution in [3.05, 3.63) is 62.7 Å². The van der Waals surface area contributed by atoms with Crippen molar-refractivity contribution in [3.63, 3.8) is 0 Å². The Hall–Kier alpha value is -1.60. The first kappa shape index (κ1) is 17.7. The van der Waals surface area contributed by atoms with Crippen LogP contribution in [0.4, 0.5) is 5.69 Å². The van der Waals surface area contributed by atoms with Gasteiger partial charge in [0.1, 0.15) is 0 Å². The summed E-state index contributed by atoms with van der Waals surface area (Å²) < 4.78 is 0.902. The van der Waals surface area contributed by atoms with Crippen molar-refractivity contribution in [2.24, 2.45) is 5.92 Å². The summed E-state index contributed by atoms with van der Waals surface area (Å²) in [5.74, 6) is -1.95. The van der Waals surface area contributed by atoms with Gasteiger partial charge in [-0.15, -0.1) is 0 Å². The molecule has 0 aliphatic heterocycles. The minimum Gasteiger partial charge on any atom is -0.481 e. The number of para-hydroxylation sites is 1. The van der Waals surface area contributed by atoms with Crippen LogP contribution in [-0.4, -0.2) is 17.0 Å². The molecule has 23 heavy (non-hydrogen) atoms. The molecule has 2 aromatic carbocycles. The van der Waals surface area contributed by atoms with Gasteiger partial charge in [-0.25, -0.2) is 0 Å². The monoisotopic (exact) mass is 443 g/mol. The standard InChI is InChI=1S/C17H15ClINO3/c18-13-7-5-11(6-8-13)9-12(10-16(21)22)17(23)20-15-4-2-1-3-14(15)19/h1-8,12H,9-10H2,(H,20,23)(H,21,22). The first-order chi connectivity index (χ1) is 11.0. The van der Waals surface area contributed by atoms with Gasteiger partial charge in [0.15, 0.2) is 0 Å². The molecule has 0 bridgehead atoms. The maximum atomic E-state index is 12.5. The van der Waals surface area contributed by atoms with Gasteiger partial charge in [0.25, 0.3) is 0 Å². The van der Waals surface area contributed by atoms with Gasteiger partial charge in [-0.3, -0.25) is 9.59 Å². The Balaban J connectivity index is 2.13. The van der Waals surface area contributed by atoms with Crippen LogP contribution in [0.3, 0.4) is 0 Å². The molecule has 0 aliphatic rings. The van der Waals surface area contributed by atoms with Crippen LogP contribution in [0.25, 0.3) is 0 Å². The lowest BCUT2D eigenvalue weighted by atomic mass is 9.95. The fraction of sp³-hybridized carbons (Fsp3) is 0.176. The highest BCUT2D eigenvalue weighted by atomic mass is 127. The number of benzene rings is 2. The largest absolute Gasteiger partial charge is 0.481 e.